The first-order valence-electron chi connectivity index (χ1n) is 4.61. The van der Waals surface area contributed by atoms with E-state index >= 15 is 0 Å². The molecule has 0 aliphatic rings. The Hall–Kier alpha value is -2.43. The summed E-state index contributed by atoms with van der Waals surface area (Å²) in [7, 11) is 0. The van der Waals surface area contributed by atoms with Gasteiger partial charge in [0.2, 0.25) is 0 Å². The van der Waals surface area contributed by atoms with Gasteiger partial charge in [-0.3, -0.25) is 0 Å². The molecular weight excluding hydrogens is 208 g/mol. The van der Waals surface area contributed by atoms with Crippen LogP contribution in [0.3, 0.4) is 0 Å². The molecule has 0 radical (unpaired) electrons. The zero-order chi connectivity index (χ0) is 11.5. The molecule has 1 aromatic heterocycles. The number of pyridine rings is 1. The van der Waals surface area contributed by atoms with Gasteiger partial charge >= 0.3 is 11.4 Å². The molecule has 0 bridgehead atoms. The van der Waals surface area contributed by atoms with Crippen LogP contribution in [0.2, 0.25) is 0 Å². The van der Waals surface area contributed by atoms with Crippen molar-refractivity contribution < 1.29 is 4.92 Å². The van der Waals surface area contributed by atoms with Gasteiger partial charge in [-0.15, -0.1) is 0 Å². The van der Waals surface area contributed by atoms with E-state index in [1.165, 1.54) is 12.1 Å². The van der Waals surface area contributed by atoms with Crippen molar-refractivity contribution in [1.82, 2.24) is 4.98 Å². The van der Waals surface area contributed by atoms with Crippen molar-refractivity contribution in [1.29, 1.82) is 0 Å². The summed E-state index contributed by atoms with van der Waals surface area (Å²) in [5, 5.41) is 10.6. The first-order chi connectivity index (χ1) is 7.66. The summed E-state index contributed by atoms with van der Waals surface area (Å²) in [6.45, 7) is 0. The van der Waals surface area contributed by atoms with Crippen LogP contribution in [0.5, 0.6) is 0 Å². The van der Waals surface area contributed by atoms with Gasteiger partial charge in [-0.1, -0.05) is 30.3 Å². The molecule has 0 aliphatic heterocycles. The molecule has 0 aliphatic carbocycles. The molecule has 0 unspecified atom stereocenters. The monoisotopic (exact) mass is 216 g/mol. The molecule has 0 spiro atoms. The maximum atomic E-state index is 11.2. The molecule has 0 atom stereocenters. The topological polar surface area (TPSA) is 76.0 Å². The number of benzene rings is 1. The number of aromatic nitrogens is 1. The molecule has 5 nitrogen and oxygen atoms in total. The number of nitrogens with one attached hydrogen (secondary N) is 1. The molecule has 16 heavy (non-hydrogen) atoms. The molecule has 1 heterocycles. The summed E-state index contributed by atoms with van der Waals surface area (Å²) in [5.74, 6) is -0.300. The van der Waals surface area contributed by atoms with E-state index in [0.717, 1.165) is 5.56 Å². The Kier molecular flexibility index (Phi) is 2.51. The Balaban J connectivity index is 2.58. The fourth-order valence-corrected chi connectivity index (χ4v) is 1.42. The zero-order valence-electron chi connectivity index (χ0n) is 8.21. The SMILES string of the molecule is O=c1cc(-c2ccccc2)cc([N+](=O)[O-])[nH]1. The van der Waals surface area contributed by atoms with E-state index in [4.69, 9.17) is 0 Å². The van der Waals surface area contributed by atoms with Crippen LogP contribution >= 0.6 is 0 Å². The van der Waals surface area contributed by atoms with Crippen LogP contribution in [-0.2, 0) is 0 Å². The third-order valence-electron chi connectivity index (χ3n) is 2.13. The molecule has 1 aromatic carbocycles. The van der Waals surface area contributed by atoms with Crippen molar-refractivity contribution in [2.45, 2.75) is 0 Å². The van der Waals surface area contributed by atoms with E-state index in [9.17, 15) is 14.9 Å². The van der Waals surface area contributed by atoms with Crippen LogP contribution in [0.1, 0.15) is 0 Å². The van der Waals surface area contributed by atoms with Crippen molar-refractivity contribution in [2.24, 2.45) is 0 Å². The van der Waals surface area contributed by atoms with E-state index in [1.807, 2.05) is 18.2 Å². The number of nitro groups is 1. The predicted molar refractivity (Wildman–Crippen MR) is 59.2 cm³/mol. The number of rotatable bonds is 2. The van der Waals surface area contributed by atoms with Gasteiger partial charge in [-0.25, -0.2) is 9.78 Å². The Morgan fingerprint density at radius 2 is 1.75 bits per heavy atom. The van der Waals surface area contributed by atoms with E-state index in [1.54, 1.807) is 12.1 Å². The van der Waals surface area contributed by atoms with E-state index in [-0.39, 0.29) is 5.82 Å². The van der Waals surface area contributed by atoms with Gasteiger partial charge in [0.15, 0.2) is 0 Å². The summed E-state index contributed by atoms with van der Waals surface area (Å²) in [5.41, 5.74) is 0.834. The van der Waals surface area contributed by atoms with E-state index in [2.05, 4.69) is 4.98 Å². The fourth-order valence-electron chi connectivity index (χ4n) is 1.42. The summed E-state index contributed by atoms with van der Waals surface area (Å²) < 4.78 is 0. The van der Waals surface area contributed by atoms with Crippen molar-refractivity contribution >= 4 is 5.82 Å². The number of hydrogen-bond donors (Lipinski definition) is 1. The highest BCUT2D eigenvalue weighted by molar-refractivity contribution is 5.64. The third kappa shape index (κ3) is 1.98. The van der Waals surface area contributed by atoms with Gasteiger partial charge in [0.05, 0.1) is 0 Å². The van der Waals surface area contributed by atoms with Crippen LogP contribution < -0.4 is 5.56 Å². The van der Waals surface area contributed by atoms with Crippen molar-refractivity contribution in [3.8, 4) is 11.1 Å². The standard InChI is InChI=1S/C11H8N2O3/c14-11-7-9(6-10(12-11)13(15)16)8-4-2-1-3-5-8/h1-7H,(H,12,14). The molecule has 80 valence electrons. The zero-order valence-corrected chi connectivity index (χ0v) is 8.21. The third-order valence-corrected chi connectivity index (χ3v) is 2.13. The molecule has 2 rings (SSSR count). The van der Waals surface area contributed by atoms with Gasteiger partial charge in [-0.2, -0.15) is 0 Å². The highest BCUT2D eigenvalue weighted by Crippen LogP contribution is 2.19. The second-order valence-electron chi connectivity index (χ2n) is 3.24. The fraction of sp³-hybridized carbons (Fsp3) is 0. The molecular formula is C11H8N2O3. The molecule has 1 N–H and O–H groups in total. The Morgan fingerprint density at radius 3 is 2.38 bits per heavy atom. The van der Waals surface area contributed by atoms with Gasteiger partial charge in [0, 0.05) is 12.1 Å². The Morgan fingerprint density at radius 1 is 1.06 bits per heavy atom. The lowest BCUT2D eigenvalue weighted by atomic mass is 10.1. The van der Waals surface area contributed by atoms with Gasteiger partial charge in [0.25, 0.3) is 0 Å². The van der Waals surface area contributed by atoms with E-state index < -0.39 is 10.5 Å². The summed E-state index contributed by atoms with van der Waals surface area (Å²) in [4.78, 5) is 23.3. The smallest absolute Gasteiger partial charge is 0.332 e. The van der Waals surface area contributed by atoms with Gasteiger partial charge in [-0.05, 0) is 16.1 Å². The van der Waals surface area contributed by atoms with Gasteiger partial charge < -0.3 is 10.1 Å². The first-order valence-corrected chi connectivity index (χ1v) is 4.61. The minimum atomic E-state index is -0.617. The molecule has 0 amide bonds. The van der Waals surface area contributed by atoms with E-state index in [0.29, 0.717) is 5.56 Å². The summed E-state index contributed by atoms with van der Waals surface area (Å²) >= 11 is 0. The minimum Gasteiger partial charge on any atom is -0.358 e. The second kappa shape index (κ2) is 3.98. The first kappa shape index (κ1) is 10.1. The summed E-state index contributed by atoms with van der Waals surface area (Å²) in [6, 6.07) is 11.7. The average molecular weight is 216 g/mol. The van der Waals surface area contributed by atoms with Crippen LogP contribution in [0.4, 0.5) is 5.82 Å². The van der Waals surface area contributed by atoms with Crippen molar-refractivity contribution in [3.63, 3.8) is 0 Å². The average Bonchev–Trinajstić information content (AvgIpc) is 2.29. The van der Waals surface area contributed by atoms with Crippen LogP contribution in [0.25, 0.3) is 11.1 Å². The van der Waals surface area contributed by atoms with Crippen LogP contribution in [0.15, 0.2) is 47.3 Å². The quantitative estimate of drug-likeness (QED) is 0.615. The van der Waals surface area contributed by atoms with Gasteiger partial charge in [0.1, 0.15) is 0 Å². The molecule has 0 fully saturated rings. The predicted octanol–water partition coefficient (Wildman–Crippen LogP) is 1.95. The lowest BCUT2D eigenvalue weighted by molar-refractivity contribution is -0.389. The maximum Gasteiger partial charge on any atom is 0.332 e. The molecule has 0 saturated carbocycles. The lowest BCUT2D eigenvalue weighted by Gasteiger charge is -2.00. The maximum absolute atomic E-state index is 11.2. The second-order valence-corrected chi connectivity index (χ2v) is 3.24. The highest BCUT2D eigenvalue weighted by atomic mass is 16.6. The lowest BCUT2D eigenvalue weighted by Crippen LogP contribution is -2.07. The Bertz CT molecular complexity index is 575. The number of nitrogens with zero attached hydrogens (tertiary/aromatic N) is 1. The minimum absolute atomic E-state index is 0.300. The molecule has 0 saturated heterocycles. The number of hydrogen-bond acceptors (Lipinski definition) is 3. The number of aromatic amines is 1. The highest BCUT2D eigenvalue weighted by Gasteiger charge is 2.08. The van der Waals surface area contributed by atoms with Crippen LogP contribution in [-0.4, -0.2) is 9.91 Å². The summed E-state index contributed by atoms with van der Waals surface area (Å²) in [6.07, 6.45) is 0. The van der Waals surface area contributed by atoms with Crippen molar-refractivity contribution in [3.05, 3.63) is 62.9 Å². The normalized spacial score (nSPS) is 10.0. The largest absolute Gasteiger partial charge is 0.358 e. The number of H-pyrrole nitrogens is 1. The Labute approximate surface area is 90.5 Å². The molecule has 5 heteroatoms. The van der Waals surface area contributed by atoms with Crippen LogP contribution in [0, 0.1) is 10.1 Å². The molecule has 2 aromatic rings. The van der Waals surface area contributed by atoms with Crippen molar-refractivity contribution in [2.75, 3.05) is 0 Å².